The molecule has 2 aromatic carbocycles. The molecule has 1 atom stereocenters. The van der Waals surface area contributed by atoms with E-state index in [9.17, 15) is 9.59 Å². The zero-order chi connectivity index (χ0) is 20.4. The number of nitrogens with zero attached hydrogens (tertiary/aromatic N) is 2. The summed E-state index contributed by atoms with van der Waals surface area (Å²) in [5, 5.41) is 2.89. The van der Waals surface area contributed by atoms with Crippen LogP contribution < -0.4 is 24.6 Å². The van der Waals surface area contributed by atoms with E-state index < -0.39 is 5.92 Å². The van der Waals surface area contributed by atoms with Crippen molar-refractivity contribution in [3.05, 3.63) is 42.5 Å². The van der Waals surface area contributed by atoms with Crippen LogP contribution in [0.15, 0.2) is 42.5 Å². The maximum atomic E-state index is 12.7. The molecule has 7 nitrogen and oxygen atoms in total. The molecule has 0 spiro atoms. The lowest BCUT2D eigenvalue weighted by molar-refractivity contribution is -0.122. The number of benzene rings is 2. The van der Waals surface area contributed by atoms with Crippen molar-refractivity contribution in [3.63, 3.8) is 0 Å². The van der Waals surface area contributed by atoms with Gasteiger partial charge in [0.2, 0.25) is 18.6 Å². The first-order chi connectivity index (χ1) is 14.1. The van der Waals surface area contributed by atoms with E-state index in [1.165, 1.54) is 0 Å². The van der Waals surface area contributed by atoms with Crippen LogP contribution >= 0.6 is 0 Å². The van der Waals surface area contributed by atoms with Crippen LogP contribution in [0.3, 0.4) is 0 Å². The maximum Gasteiger partial charge on any atom is 0.231 e. The number of rotatable bonds is 6. The zero-order valence-electron chi connectivity index (χ0n) is 16.7. The third-order valence-corrected chi connectivity index (χ3v) is 5.43. The Bertz CT molecular complexity index is 909. The van der Waals surface area contributed by atoms with E-state index in [1.54, 1.807) is 23.1 Å². The second-order valence-electron chi connectivity index (χ2n) is 7.15. The van der Waals surface area contributed by atoms with Crippen LogP contribution in [0.5, 0.6) is 11.5 Å². The highest BCUT2D eigenvalue weighted by Gasteiger charge is 2.35. The first-order valence-corrected chi connectivity index (χ1v) is 9.95. The molecule has 2 aliphatic heterocycles. The highest BCUT2D eigenvalue weighted by Crippen LogP contribution is 2.35. The van der Waals surface area contributed by atoms with Crippen molar-refractivity contribution in [2.45, 2.75) is 20.3 Å². The average molecular weight is 395 g/mol. The molecule has 0 aliphatic carbocycles. The van der Waals surface area contributed by atoms with Crippen molar-refractivity contribution < 1.29 is 19.1 Å². The summed E-state index contributed by atoms with van der Waals surface area (Å²) >= 11 is 0. The highest BCUT2D eigenvalue weighted by atomic mass is 16.7. The van der Waals surface area contributed by atoms with Gasteiger partial charge in [-0.1, -0.05) is 0 Å². The van der Waals surface area contributed by atoms with Crippen LogP contribution in [-0.2, 0) is 9.59 Å². The second kappa shape index (κ2) is 8.03. The smallest absolute Gasteiger partial charge is 0.231 e. The fourth-order valence-electron chi connectivity index (χ4n) is 3.78. The minimum absolute atomic E-state index is 0.0357. The van der Waals surface area contributed by atoms with Gasteiger partial charge in [-0.05, 0) is 50.2 Å². The average Bonchev–Trinajstić information content (AvgIpc) is 3.35. The lowest BCUT2D eigenvalue weighted by Gasteiger charge is -2.22. The molecular weight excluding hydrogens is 370 g/mol. The number of carbonyl (C=O) groups is 2. The van der Waals surface area contributed by atoms with Gasteiger partial charge in [0.15, 0.2) is 11.5 Å². The first-order valence-electron chi connectivity index (χ1n) is 9.95. The predicted molar refractivity (Wildman–Crippen MR) is 112 cm³/mol. The summed E-state index contributed by atoms with van der Waals surface area (Å²) in [6, 6.07) is 13.2. The highest BCUT2D eigenvalue weighted by molar-refractivity contribution is 6.03. The van der Waals surface area contributed by atoms with Crippen molar-refractivity contribution in [1.29, 1.82) is 0 Å². The van der Waals surface area contributed by atoms with Gasteiger partial charge in [-0.3, -0.25) is 9.59 Å². The number of nitrogens with one attached hydrogen (secondary N) is 1. The Morgan fingerprint density at radius 2 is 1.83 bits per heavy atom. The van der Waals surface area contributed by atoms with E-state index in [4.69, 9.17) is 9.47 Å². The van der Waals surface area contributed by atoms with Crippen LogP contribution in [-0.4, -0.2) is 38.2 Å². The molecule has 0 radical (unpaired) electrons. The molecular formula is C22H25N3O4. The molecule has 1 N–H and O–H groups in total. The Balaban J connectivity index is 1.41. The third kappa shape index (κ3) is 3.85. The fourth-order valence-corrected chi connectivity index (χ4v) is 3.78. The predicted octanol–water partition coefficient (Wildman–Crippen LogP) is 3.25. The van der Waals surface area contributed by atoms with Crippen LogP contribution in [0, 0.1) is 5.92 Å². The number of ether oxygens (including phenoxy) is 2. The number of carbonyl (C=O) groups excluding carboxylic acids is 2. The van der Waals surface area contributed by atoms with Crippen LogP contribution in [0.25, 0.3) is 0 Å². The summed E-state index contributed by atoms with van der Waals surface area (Å²) in [6.45, 7) is 6.66. The first kappa shape index (κ1) is 19.1. The van der Waals surface area contributed by atoms with E-state index in [1.807, 2.05) is 24.3 Å². The fraction of sp³-hybridized carbons (Fsp3) is 0.364. The summed E-state index contributed by atoms with van der Waals surface area (Å²) in [4.78, 5) is 29.2. The molecule has 1 unspecified atom stereocenters. The SMILES string of the molecule is CCN(CC)c1ccc(N2CC(C(=O)Nc3ccc4c(c3)OCO4)CC2=O)cc1. The van der Waals surface area contributed by atoms with Gasteiger partial charge in [-0.2, -0.15) is 0 Å². The van der Waals surface area contributed by atoms with E-state index in [0.717, 1.165) is 24.5 Å². The second-order valence-corrected chi connectivity index (χ2v) is 7.15. The molecule has 1 fully saturated rings. The number of hydrogen-bond donors (Lipinski definition) is 1. The Labute approximate surface area is 170 Å². The van der Waals surface area contributed by atoms with Crippen molar-refractivity contribution in [1.82, 2.24) is 0 Å². The monoisotopic (exact) mass is 395 g/mol. The standard InChI is InChI=1S/C22H25N3O4/c1-3-24(4-2)17-6-8-18(9-7-17)25-13-15(11-21(25)26)22(27)23-16-5-10-19-20(12-16)29-14-28-19/h5-10,12,15H,3-4,11,13-14H2,1-2H3,(H,23,27). The van der Waals surface area contributed by atoms with E-state index in [0.29, 0.717) is 23.7 Å². The van der Waals surface area contributed by atoms with E-state index in [2.05, 4.69) is 24.1 Å². The molecule has 2 heterocycles. The molecule has 1 saturated heterocycles. The molecule has 2 aromatic rings. The van der Waals surface area contributed by atoms with Crippen molar-refractivity contribution in [2.24, 2.45) is 5.92 Å². The van der Waals surface area contributed by atoms with Gasteiger partial charge in [0.1, 0.15) is 0 Å². The van der Waals surface area contributed by atoms with Crippen molar-refractivity contribution >= 4 is 28.9 Å². The van der Waals surface area contributed by atoms with Gasteiger partial charge in [-0.15, -0.1) is 0 Å². The largest absolute Gasteiger partial charge is 0.454 e. The molecule has 29 heavy (non-hydrogen) atoms. The zero-order valence-corrected chi connectivity index (χ0v) is 16.7. The number of amides is 2. The summed E-state index contributed by atoms with van der Waals surface area (Å²) in [5.74, 6) is 0.680. The molecule has 0 aromatic heterocycles. The van der Waals surface area contributed by atoms with Gasteiger partial charge in [-0.25, -0.2) is 0 Å². The molecule has 0 bridgehead atoms. The maximum absolute atomic E-state index is 12.7. The van der Waals surface area contributed by atoms with Crippen LogP contribution in [0.2, 0.25) is 0 Å². The third-order valence-electron chi connectivity index (χ3n) is 5.43. The minimum Gasteiger partial charge on any atom is -0.454 e. The Hall–Kier alpha value is -3.22. The van der Waals surface area contributed by atoms with Crippen LogP contribution in [0.4, 0.5) is 17.1 Å². The molecule has 2 amide bonds. The lowest BCUT2D eigenvalue weighted by Crippen LogP contribution is -2.28. The van der Waals surface area contributed by atoms with E-state index >= 15 is 0 Å². The quantitative estimate of drug-likeness (QED) is 0.813. The van der Waals surface area contributed by atoms with Gasteiger partial charge < -0.3 is 24.6 Å². The summed E-state index contributed by atoms with van der Waals surface area (Å²) in [5.41, 5.74) is 2.58. The summed E-state index contributed by atoms with van der Waals surface area (Å²) < 4.78 is 10.6. The minimum atomic E-state index is -0.393. The number of anilines is 3. The molecule has 4 rings (SSSR count). The topological polar surface area (TPSA) is 71.1 Å². The number of hydrogen-bond acceptors (Lipinski definition) is 5. The molecule has 0 saturated carbocycles. The van der Waals surface area contributed by atoms with E-state index in [-0.39, 0.29) is 25.0 Å². The molecule has 2 aliphatic rings. The Morgan fingerprint density at radius 1 is 1.10 bits per heavy atom. The lowest BCUT2D eigenvalue weighted by atomic mass is 10.1. The van der Waals surface area contributed by atoms with Crippen LogP contribution in [0.1, 0.15) is 20.3 Å². The Morgan fingerprint density at radius 3 is 2.55 bits per heavy atom. The summed E-state index contributed by atoms with van der Waals surface area (Å²) in [7, 11) is 0. The van der Waals surface area contributed by atoms with Crippen molar-refractivity contribution in [3.8, 4) is 11.5 Å². The van der Waals surface area contributed by atoms with Gasteiger partial charge >= 0.3 is 0 Å². The van der Waals surface area contributed by atoms with Crippen molar-refractivity contribution in [2.75, 3.05) is 41.5 Å². The summed E-state index contributed by atoms with van der Waals surface area (Å²) in [6.07, 6.45) is 0.203. The van der Waals surface area contributed by atoms with Gasteiger partial charge in [0.25, 0.3) is 0 Å². The van der Waals surface area contributed by atoms with Gasteiger partial charge in [0.05, 0.1) is 5.92 Å². The molecule has 152 valence electrons. The normalized spacial score (nSPS) is 17.5. The number of fused-ring (bicyclic) bond motifs is 1. The van der Waals surface area contributed by atoms with Gasteiger partial charge in [0, 0.05) is 49.2 Å². The Kier molecular flexibility index (Phi) is 5.29. The molecule has 7 heteroatoms.